The Morgan fingerprint density at radius 3 is 2.92 bits per heavy atom. The second kappa shape index (κ2) is 6.93. The van der Waals surface area contributed by atoms with Crippen LogP contribution in [-0.2, 0) is 6.54 Å². The van der Waals surface area contributed by atoms with Crippen LogP contribution in [0.5, 0.6) is 0 Å². The van der Waals surface area contributed by atoms with E-state index in [9.17, 15) is 4.79 Å². The van der Waals surface area contributed by atoms with Crippen molar-refractivity contribution in [3.8, 4) is 0 Å². The molecule has 1 heterocycles. The molecule has 0 aliphatic rings. The number of halogens is 1. The molecule has 0 saturated carbocycles. The van der Waals surface area contributed by atoms with Crippen molar-refractivity contribution in [3.05, 3.63) is 58.7 Å². The summed E-state index contributed by atoms with van der Waals surface area (Å²) in [7, 11) is 0. The van der Waals surface area contributed by atoms with Gasteiger partial charge in [0.15, 0.2) is 0 Å². The maximum atomic E-state index is 12.2. The summed E-state index contributed by atoms with van der Waals surface area (Å²) in [5.74, 6) is 0.338. The molecule has 0 bridgehead atoms. The Hall–Kier alpha value is -2.53. The van der Waals surface area contributed by atoms with Crippen molar-refractivity contribution in [2.75, 3.05) is 5.32 Å². The molecule has 0 unspecified atom stereocenters. The first-order chi connectivity index (χ1) is 11.5. The zero-order valence-corrected chi connectivity index (χ0v) is 14.3. The molecule has 0 saturated heterocycles. The van der Waals surface area contributed by atoms with Crippen molar-refractivity contribution < 1.29 is 4.79 Å². The Morgan fingerprint density at radius 2 is 2.12 bits per heavy atom. The zero-order chi connectivity index (χ0) is 17.1. The van der Waals surface area contributed by atoms with Crippen LogP contribution in [0.25, 0.3) is 10.9 Å². The number of amides is 2. The number of benzene rings is 2. The standard InChI is InChI=1S/C18H19ClN4O/c1-11(2)13-8-12(6-7-15(13)19)9-20-18(24)22-16-4-3-5-17-14(16)10-21-23-17/h3-8,10-11H,9H2,1-2H3,(H,21,23)(H2,20,22,24). The van der Waals surface area contributed by atoms with Crippen molar-refractivity contribution in [1.82, 2.24) is 15.5 Å². The van der Waals surface area contributed by atoms with E-state index in [1.54, 1.807) is 6.20 Å². The van der Waals surface area contributed by atoms with Gasteiger partial charge in [-0.2, -0.15) is 5.10 Å². The van der Waals surface area contributed by atoms with Gasteiger partial charge in [-0.25, -0.2) is 4.79 Å². The molecule has 1 aromatic heterocycles. The van der Waals surface area contributed by atoms with Crippen LogP contribution in [0, 0.1) is 0 Å². The summed E-state index contributed by atoms with van der Waals surface area (Å²) in [4.78, 5) is 12.2. The van der Waals surface area contributed by atoms with Gasteiger partial charge < -0.3 is 10.6 Å². The Balaban J connectivity index is 1.66. The Kier molecular flexibility index (Phi) is 4.71. The van der Waals surface area contributed by atoms with Crippen molar-refractivity contribution in [1.29, 1.82) is 0 Å². The zero-order valence-electron chi connectivity index (χ0n) is 13.6. The molecular formula is C18H19ClN4O. The minimum absolute atomic E-state index is 0.259. The highest BCUT2D eigenvalue weighted by atomic mass is 35.5. The van der Waals surface area contributed by atoms with Gasteiger partial charge in [0.05, 0.1) is 17.4 Å². The molecular weight excluding hydrogens is 324 g/mol. The number of carbonyl (C=O) groups excluding carboxylic acids is 1. The summed E-state index contributed by atoms with van der Waals surface area (Å²) in [6.45, 7) is 4.62. The topological polar surface area (TPSA) is 69.8 Å². The molecule has 0 radical (unpaired) electrons. The Bertz CT molecular complexity index is 872. The second-order valence-electron chi connectivity index (χ2n) is 5.96. The first kappa shape index (κ1) is 16.3. The van der Waals surface area contributed by atoms with Crippen molar-refractivity contribution in [2.24, 2.45) is 0 Å². The predicted molar refractivity (Wildman–Crippen MR) is 97.5 cm³/mol. The lowest BCUT2D eigenvalue weighted by Crippen LogP contribution is -2.28. The quantitative estimate of drug-likeness (QED) is 0.645. The second-order valence-corrected chi connectivity index (χ2v) is 6.36. The van der Waals surface area contributed by atoms with E-state index in [4.69, 9.17) is 11.6 Å². The van der Waals surface area contributed by atoms with Crippen LogP contribution in [0.2, 0.25) is 5.02 Å². The number of fused-ring (bicyclic) bond motifs is 1. The molecule has 24 heavy (non-hydrogen) atoms. The summed E-state index contributed by atoms with van der Waals surface area (Å²) in [5, 5.41) is 14.2. The molecule has 0 aliphatic carbocycles. The minimum atomic E-state index is -0.259. The van der Waals surface area contributed by atoms with Crippen LogP contribution >= 0.6 is 11.6 Å². The van der Waals surface area contributed by atoms with E-state index in [2.05, 4.69) is 34.7 Å². The molecule has 3 aromatic rings. The number of aromatic amines is 1. The lowest BCUT2D eigenvalue weighted by molar-refractivity contribution is 0.252. The van der Waals surface area contributed by atoms with Gasteiger partial charge in [-0.15, -0.1) is 0 Å². The van der Waals surface area contributed by atoms with Gasteiger partial charge in [0.25, 0.3) is 0 Å². The van der Waals surface area contributed by atoms with Gasteiger partial charge in [-0.3, -0.25) is 5.10 Å². The number of anilines is 1. The van der Waals surface area contributed by atoms with Crippen LogP contribution in [0.1, 0.15) is 30.9 Å². The van der Waals surface area contributed by atoms with E-state index in [0.29, 0.717) is 12.5 Å². The number of nitrogens with zero attached hydrogens (tertiary/aromatic N) is 1. The lowest BCUT2D eigenvalue weighted by Gasteiger charge is -2.12. The van der Waals surface area contributed by atoms with Crippen LogP contribution < -0.4 is 10.6 Å². The third kappa shape index (κ3) is 3.51. The smallest absolute Gasteiger partial charge is 0.319 e. The van der Waals surface area contributed by atoms with Crippen molar-refractivity contribution >= 4 is 34.2 Å². The fraction of sp³-hybridized carbons (Fsp3) is 0.222. The fourth-order valence-corrected chi connectivity index (χ4v) is 2.91. The summed E-state index contributed by atoms with van der Waals surface area (Å²) >= 11 is 6.20. The van der Waals surface area contributed by atoms with Gasteiger partial charge in [0, 0.05) is 17.0 Å². The molecule has 3 rings (SSSR count). The SMILES string of the molecule is CC(C)c1cc(CNC(=O)Nc2cccc3[nH]ncc23)ccc1Cl. The van der Waals surface area contributed by atoms with E-state index in [-0.39, 0.29) is 6.03 Å². The highest BCUT2D eigenvalue weighted by Crippen LogP contribution is 2.25. The van der Waals surface area contributed by atoms with E-state index < -0.39 is 0 Å². The van der Waals surface area contributed by atoms with Crippen molar-refractivity contribution in [3.63, 3.8) is 0 Å². The van der Waals surface area contributed by atoms with Gasteiger partial charge in [0.2, 0.25) is 0 Å². The van der Waals surface area contributed by atoms with Crippen LogP contribution in [0.3, 0.4) is 0 Å². The molecule has 124 valence electrons. The maximum absolute atomic E-state index is 12.2. The average molecular weight is 343 g/mol. The monoisotopic (exact) mass is 342 g/mol. The normalized spacial score (nSPS) is 11.0. The molecule has 0 atom stereocenters. The fourth-order valence-electron chi connectivity index (χ4n) is 2.57. The summed E-state index contributed by atoms with van der Waals surface area (Å²) in [5.41, 5.74) is 3.70. The third-order valence-corrected chi connectivity index (χ3v) is 4.21. The number of hydrogen-bond donors (Lipinski definition) is 3. The number of aromatic nitrogens is 2. The van der Waals surface area contributed by atoms with Gasteiger partial charge in [-0.05, 0) is 35.2 Å². The minimum Gasteiger partial charge on any atom is -0.334 e. The summed E-state index contributed by atoms with van der Waals surface area (Å²) in [6, 6.07) is 11.2. The average Bonchev–Trinajstić information content (AvgIpc) is 3.03. The Labute approximate surface area is 145 Å². The molecule has 3 N–H and O–H groups in total. The summed E-state index contributed by atoms with van der Waals surface area (Å²) in [6.07, 6.45) is 1.69. The molecule has 2 aromatic carbocycles. The third-order valence-electron chi connectivity index (χ3n) is 3.87. The van der Waals surface area contributed by atoms with E-state index in [0.717, 1.165) is 32.7 Å². The summed E-state index contributed by atoms with van der Waals surface area (Å²) < 4.78 is 0. The van der Waals surface area contributed by atoms with Gasteiger partial charge in [-0.1, -0.05) is 43.6 Å². The molecule has 6 heteroatoms. The highest BCUT2D eigenvalue weighted by Gasteiger charge is 2.09. The maximum Gasteiger partial charge on any atom is 0.319 e. The highest BCUT2D eigenvalue weighted by molar-refractivity contribution is 6.31. The number of rotatable bonds is 4. The van der Waals surface area contributed by atoms with Gasteiger partial charge in [0.1, 0.15) is 0 Å². The van der Waals surface area contributed by atoms with E-state index in [1.165, 1.54) is 0 Å². The number of carbonyl (C=O) groups is 1. The molecule has 0 spiro atoms. The van der Waals surface area contributed by atoms with Crippen LogP contribution in [-0.4, -0.2) is 16.2 Å². The molecule has 2 amide bonds. The van der Waals surface area contributed by atoms with Crippen LogP contribution in [0.4, 0.5) is 10.5 Å². The number of hydrogen-bond acceptors (Lipinski definition) is 2. The number of urea groups is 1. The molecule has 0 aliphatic heterocycles. The van der Waals surface area contributed by atoms with Gasteiger partial charge >= 0.3 is 6.03 Å². The number of H-pyrrole nitrogens is 1. The van der Waals surface area contributed by atoms with Crippen LogP contribution in [0.15, 0.2) is 42.6 Å². The van der Waals surface area contributed by atoms with E-state index in [1.807, 2.05) is 36.4 Å². The van der Waals surface area contributed by atoms with Crippen molar-refractivity contribution in [2.45, 2.75) is 26.3 Å². The first-order valence-electron chi connectivity index (χ1n) is 7.80. The number of nitrogens with one attached hydrogen (secondary N) is 3. The van der Waals surface area contributed by atoms with E-state index >= 15 is 0 Å². The Morgan fingerprint density at radius 1 is 1.29 bits per heavy atom. The lowest BCUT2D eigenvalue weighted by atomic mass is 10.0. The predicted octanol–water partition coefficient (Wildman–Crippen LogP) is 4.66. The first-order valence-corrected chi connectivity index (χ1v) is 8.17. The largest absolute Gasteiger partial charge is 0.334 e. The molecule has 0 fully saturated rings. The molecule has 5 nitrogen and oxygen atoms in total.